The lowest BCUT2D eigenvalue weighted by atomic mass is 9.87. The molecule has 0 amide bonds. The van der Waals surface area contributed by atoms with Crippen molar-refractivity contribution in [3.8, 4) is 5.75 Å². The van der Waals surface area contributed by atoms with E-state index in [0.717, 1.165) is 25.0 Å². The van der Waals surface area contributed by atoms with E-state index in [-0.39, 0.29) is 36.5 Å². The van der Waals surface area contributed by atoms with Crippen molar-refractivity contribution in [2.75, 3.05) is 0 Å². The molecule has 1 saturated heterocycles. The Morgan fingerprint density at radius 1 is 1.07 bits per heavy atom. The Morgan fingerprint density at radius 2 is 1.75 bits per heavy atom. The number of rotatable bonds is 4. The van der Waals surface area contributed by atoms with Crippen LogP contribution in [-0.4, -0.2) is 24.2 Å². The zero-order valence-corrected chi connectivity index (χ0v) is 17.4. The Kier molecular flexibility index (Phi) is 8.34. The van der Waals surface area contributed by atoms with E-state index in [9.17, 15) is 4.79 Å². The minimum absolute atomic E-state index is 0. The van der Waals surface area contributed by atoms with Crippen molar-refractivity contribution >= 4 is 18.4 Å². The number of carbonyl (C=O) groups excluding carboxylic acids is 1. The first-order valence-corrected chi connectivity index (χ1v) is 9.76. The normalized spacial score (nSPS) is 25.5. The molecule has 0 spiro atoms. The van der Waals surface area contributed by atoms with Gasteiger partial charge in [-0.1, -0.05) is 48.0 Å². The van der Waals surface area contributed by atoms with Crippen LogP contribution in [0.25, 0.3) is 0 Å². The van der Waals surface area contributed by atoms with E-state index in [1.807, 2.05) is 37.3 Å². The zero-order valence-electron chi connectivity index (χ0n) is 16.5. The highest BCUT2D eigenvalue weighted by atomic mass is 35.5. The molecule has 2 N–H and O–H groups in total. The molecule has 0 saturated carbocycles. The SMILES string of the molecule is Cc1ccc(O[C@H]2CCC[C@H](N)C(=O)O[C@@H](C)[C@@H]2Cc2ccccc2)cc1.Cl. The molecule has 1 heterocycles. The molecule has 152 valence electrons. The summed E-state index contributed by atoms with van der Waals surface area (Å²) in [4.78, 5) is 12.2. The van der Waals surface area contributed by atoms with Gasteiger partial charge in [-0.3, -0.25) is 4.79 Å². The fourth-order valence-corrected chi connectivity index (χ4v) is 3.65. The van der Waals surface area contributed by atoms with E-state index in [0.29, 0.717) is 6.42 Å². The molecule has 2 aromatic carbocycles. The average Bonchev–Trinajstić information content (AvgIpc) is 2.71. The Labute approximate surface area is 173 Å². The molecular weight excluding hydrogens is 374 g/mol. The van der Waals surface area contributed by atoms with Crippen molar-refractivity contribution in [1.82, 2.24) is 0 Å². The third-order valence-electron chi connectivity index (χ3n) is 5.31. The van der Waals surface area contributed by atoms with Crippen molar-refractivity contribution < 1.29 is 14.3 Å². The van der Waals surface area contributed by atoms with Crippen LogP contribution in [0.5, 0.6) is 5.75 Å². The monoisotopic (exact) mass is 403 g/mol. The summed E-state index contributed by atoms with van der Waals surface area (Å²) < 4.78 is 12.1. The summed E-state index contributed by atoms with van der Waals surface area (Å²) in [6, 6.07) is 17.9. The number of hydrogen-bond donors (Lipinski definition) is 1. The fourth-order valence-electron chi connectivity index (χ4n) is 3.65. The Morgan fingerprint density at radius 3 is 2.43 bits per heavy atom. The van der Waals surface area contributed by atoms with Gasteiger partial charge in [-0.15, -0.1) is 12.4 Å². The summed E-state index contributed by atoms with van der Waals surface area (Å²) in [5.74, 6) is 0.602. The summed E-state index contributed by atoms with van der Waals surface area (Å²) >= 11 is 0. The Hall–Kier alpha value is -2.04. The van der Waals surface area contributed by atoms with Crippen molar-refractivity contribution in [3.05, 3.63) is 65.7 Å². The summed E-state index contributed by atoms with van der Waals surface area (Å²) in [7, 11) is 0. The van der Waals surface area contributed by atoms with Crippen LogP contribution in [0.4, 0.5) is 0 Å². The van der Waals surface area contributed by atoms with Crippen LogP contribution in [-0.2, 0) is 16.0 Å². The molecule has 0 aliphatic carbocycles. The molecule has 28 heavy (non-hydrogen) atoms. The highest BCUT2D eigenvalue weighted by molar-refractivity contribution is 5.85. The van der Waals surface area contributed by atoms with Crippen LogP contribution in [0.15, 0.2) is 54.6 Å². The highest BCUT2D eigenvalue weighted by Gasteiger charge is 2.34. The zero-order chi connectivity index (χ0) is 19.2. The maximum Gasteiger partial charge on any atom is 0.323 e. The van der Waals surface area contributed by atoms with Crippen LogP contribution < -0.4 is 10.5 Å². The van der Waals surface area contributed by atoms with Crippen LogP contribution >= 0.6 is 12.4 Å². The third-order valence-corrected chi connectivity index (χ3v) is 5.31. The van der Waals surface area contributed by atoms with Gasteiger partial charge in [0, 0.05) is 5.92 Å². The third kappa shape index (κ3) is 5.98. The predicted molar refractivity (Wildman–Crippen MR) is 114 cm³/mol. The second-order valence-electron chi connectivity index (χ2n) is 7.50. The summed E-state index contributed by atoms with van der Waals surface area (Å²) in [5.41, 5.74) is 8.39. The quantitative estimate of drug-likeness (QED) is 0.765. The predicted octanol–water partition coefficient (Wildman–Crippen LogP) is 4.47. The number of benzene rings is 2. The molecule has 3 rings (SSSR count). The Bertz CT molecular complexity index is 735. The van der Waals surface area contributed by atoms with E-state index in [4.69, 9.17) is 15.2 Å². The fraction of sp³-hybridized carbons (Fsp3) is 0.435. The first kappa shape index (κ1) is 22.3. The number of carbonyl (C=O) groups is 1. The van der Waals surface area contributed by atoms with Gasteiger partial charge in [-0.25, -0.2) is 0 Å². The molecule has 0 aromatic heterocycles. The lowest BCUT2D eigenvalue weighted by molar-refractivity contribution is -0.153. The standard InChI is InChI=1S/C23H29NO3.ClH/c1-16-11-13-19(14-12-16)27-22-10-6-9-21(24)23(25)26-17(2)20(22)15-18-7-4-3-5-8-18;/h3-5,7-8,11-14,17,20-22H,6,9-10,15,24H2,1-2H3;1H/t17-,20-,21-,22-;/m0./s1. The van der Waals surface area contributed by atoms with Crippen LogP contribution in [0.1, 0.15) is 37.3 Å². The molecule has 2 aromatic rings. The van der Waals surface area contributed by atoms with E-state index in [1.54, 1.807) is 0 Å². The maximum atomic E-state index is 12.2. The lowest BCUT2D eigenvalue weighted by Crippen LogP contribution is -2.40. The summed E-state index contributed by atoms with van der Waals surface area (Å²) in [6.45, 7) is 4.01. The van der Waals surface area contributed by atoms with E-state index >= 15 is 0 Å². The number of nitrogens with two attached hydrogens (primary N) is 1. The number of aryl methyl sites for hydroxylation is 1. The van der Waals surface area contributed by atoms with Gasteiger partial charge in [-0.2, -0.15) is 0 Å². The first-order chi connectivity index (χ1) is 13.0. The minimum atomic E-state index is -0.553. The second kappa shape index (κ2) is 10.5. The molecule has 4 nitrogen and oxygen atoms in total. The lowest BCUT2D eigenvalue weighted by Gasteiger charge is -2.31. The van der Waals surface area contributed by atoms with Crippen molar-refractivity contribution in [2.24, 2.45) is 11.7 Å². The average molecular weight is 404 g/mol. The van der Waals surface area contributed by atoms with E-state index in [2.05, 4.69) is 31.2 Å². The minimum Gasteiger partial charge on any atom is -0.490 e. The molecular formula is C23H30ClNO3. The summed E-state index contributed by atoms with van der Waals surface area (Å²) in [6.07, 6.45) is 2.79. The molecule has 0 radical (unpaired) electrons. The van der Waals surface area contributed by atoms with Gasteiger partial charge in [0.05, 0.1) is 0 Å². The van der Waals surface area contributed by atoms with Gasteiger partial charge < -0.3 is 15.2 Å². The first-order valence-electron chi connectivity index (χ1n) is 9.76. The van der Waals surface area contributed by atoms with Crippen molar-refractivity contribution in [2.45, 2.75) is 57.8 Å². The van der Waals surface area contributed by atoms with Gasteiger partial charge in [-0.05, 0) is 57.2 Å². The van der Waals surface area contributed by atoms with E-state index in [1.165, 1.54) is 11.1 Å². The maximum absolute atomic E-state index is 12.2. The van der Waals surface area contributed by atoms with Crippen LogP contribution in [0, 0.1) is 12.8 Å². The topological polar surface area (TPSA) is 61.5 Å². The van der Waals surface area contributed by atoms with Crippen LogP contribution in [0.2, 0.25) is 0 Å². The second-order valence-corrected chi connectivity index (χ2v) is 7.50. The molecule has 1 aliphatic rings. The van der Waals surface area contributed by atoms with Gasteiger partial charge in [0.2, 0.25) is 0 Å². The highest BCUT2D eigenvalue weighted by Crippen LogP contribution is 2.28. The van der Waals surface area contributed by atoms with Crippen LogP contribution in [0.3, 0.4) is 0 Å². The molecule has 5 heteroatoms. The molecule has 4 atom stereocenters. The molecule has 1 aliphatic heterocycles. The van der Waals surface area contributed by atoms with Crippen molar-refractivity contribution in [3.63, 3.8) is 0 Å². The number of ether oxygens (including phenoxy) is 2. The smallest absolute Gasteiger partial charge is 0.323 e. The number of esters is 1. The van der Waals surface area contributed by atoms with Crippen molar-refractivity contribution in [1.29, 1.82) is 0 Å². The van der Waals surface area contributed by atoms with Gasteiger partial charge in [0.25, 0.3) is 0 Å². The number of cyclic esters (lactones) is 1. The van der Waals surface area contributed by atoms with Gasteiger partial charge in [0.1, 0.15) is 24.0 Å². The number of hydrogen-bond acceptors (Lipinski definition) is 4. The number of halogens is 1. The van der Waals surface area contributed by atoms with E-state index < -0.39 is 6.04 Å². The molecule has 0 bridgehead atoms. The van der Waals surface area contributed by atoms with Gasteiger partial charge >= 0.3 is 5.97 Å². The molecule has 0 unspecified atom stereocenters. The molecule has 1 fully saturated rings. The van der Waals surface area contributed by atoms with Gasteiger partial charge in [0.15, 0.2) is 0 Å². The Balaban J connectivity index is 0.00000280. The summed E-state index contributed by atoms with van der Waals surface area (Å²) in [5, 5.41) is 0. The largest absolute Gasteiger partial charge is 0.490 e.